The summed E-state index contributed by atoms with van der Waals surface area (Å²) in [6, 6.07) is 10.3. The lowest BCUT2D eigenvalue weighted by atomic mass is 10.1. The number of amides is 3. The molecule has 9 heteroatoms. The summed E-state index contributed by atoms with van der Waals surface area (Å²) in [6.45, 7) is 5.55. The van der Waals surface area contributed by atoms with Crippen molar-refractivity contribution in [2.24, 2.45) is 0 Å². The lowest BCUT2D eigenvalue weighted by Crippen LogP contribution is -2.40. The van der Waals surface area contributed by atoms with Crippen LogP contribution in [0.15, 0.2) is 47.4 Å². The van der Waals surface area contributed by atoms with Crippen molar-refractivity contribution >= 4 is 33.4 Å². The molecular weight excluding hydrogens is 418 g/mol. The van der Waals surface area contributed by atoms with Crippen LogP contribution in [0.4, 0.5) is 5.69 Å². The maximum atomic E-state index is 12.9. The first-order chi connectivity index (χ1) is 14.5. The third-order valence-corrected chi connectivity index (χ3v) is 6.87. The van der Waals surface area contributed by atoms with Gasteiger partial charge in [0.2, 0.25) is 0 Å². The number of hydrogen-bond acceptors (Lipinski definition) is 5. The minimum atomic E-state index is -3.96. The van der Waals surface area contributed by atoms with Gasteiger partial charge in [-0.3, -0.25) is 14.4 Å². The highest BCUT2D eigenvalue weighted by Crippen LogP contribution is 2.39. The highest BCUT2D eigenvalue weighted by molar-refractivity contribution is 7.90. The number of nitrogens with one attached hydrogen (secondary N) is 2. The van der Waals surface area contributed by atoms with E-state index in [1.165, 1.54) is 18.2 Å². The molecule has 8 nitrogen and oxygen atoms in total. The minimum absolute atomic E-state index is 0.0772. The van der Waals surface area contributed by atoms with Gasteiger partial charge in [0.1, 0.15) is 4.90 Å². The summed E-state index contributed by atoms with van der Waals surface area (Å²) in [5.41, 5.74) is 0.290. The SMILES string of the molecule is CC(C)(C)NC(=O)c1ccccc1NC(=O)c1ccc2c(c1)S(=O)(=O)N(C1CC1)C2=O. The van der Waals surface area contributed by atoms with Crippen LogP contribution in [0.25, 0.3) is 0 Å². The molecule has 0 radical (unpaired) electrons. The Hall–Kier alpha value is -3.20. The Morgan fingerprint density at radius 3 is 2.35 bits per heavy atom. The van der Waals surface area contributed by atoms with E-state index in [0.29, 0.717) is 18.5 Å². The molecule has 162 valence electrons. The van der Waals surface area contributed by atoms with Crippen molar-refractivity contribution in [3.05, 3.63) is 59.2 Å². The van der Waals surface area contributed by atoms with Gasteiger partial charge in [0.05, 0.1) is 16.8 Å². The monoisotopic (exact) mass is 441 g/mol. The maximum Gasteiger partial charge on any atom is 0.269 e. The molecule has 3 amide bonds. The van der Waals surface area contributed by atoms with Crippen LogP contribution in [0.5, 0.6) is 0 Å². The van der Waals surface area contributed by atoms with Gasteiger partial charge in [-0.2, -0.15) is 0 Å². The Morgan fingerprint density at radius 2 is 1.71 bits per heavy atom. The average molecular weight is 442 g/mol. The van der Waals surface area contributed by atoms with Crippen LogP contribution >= 0.6 is 0 Å². The summed E-state index contributed by atoms with van der Waals surface area (Å²) in [5.74, 6) is -1.47. The lowest BCUT2D eigenvalue weighted by Gasteiger charge is -2.21. The van der Waals surface area contributed by atoms with E-state index in [2.05, 4.69) is 10.6 Å². The number of nitrogens with zero attached hydrogens (tertiary/aromatic N) is 1. The zero-order valence-electron chi connectivity index (χ0n) is 17.4. The Morgan fingerprint density at radius 1 is 1.03 bits per heavy atom. The van der Waals surface area contributed by atoms with Crippen LogP contribution in [-0.2, 0) is 10.0 Å². The molecule has 0 spiro atoms. The van der Waals surface area contributed by atoms with E-state index in [0.717, 1.165) is 4.31 Å². The fourth-order valence-electron chi connectivity index (χ4n) is 3.45. The maximum absolute atomic E-state index is 12.9. The number of carbonyl (C=O) groups excluding carboxylic acids is 3. The van der Waals surface area contributed by atoms with Gasteiger partial charge in [0.15, 0.2) is 0 Å². The Bertz CT molecular complexity index is 1210. The number of sulfonamides is 1. The number of carbonyl (C=O) groups is 3. The highest BCUT2D eigenvalue weighted by Gasteiger charge is 2.48. The summed E-state index contributed by atoms with van der Waals surface area (Å²) < 4.78 is 26.5. The predicted molar refractivity (Wildman–Crippen MR) is 114 cm³/mol. The van der Waals surface area contributed by atoms with Crippen molar-refractivity contribution in [1.82, 2.24) is 9.62 Å². The van der Waals surface area contributed by atoms with E-state index < -0.39 is 27.4 Å². The van der Waals surface area contributed by atoms with Gasteiger partial charge in [-0.05, 0) is 63.9 Å². The second-order valence-corrected chi connectivity index (χ2v) is 10.5. The van der Waals surface area contributed by atoms with Crippen LogP contribution in [-0.4, -0.2) is 42.0 Å². The van der Waals surface area contributed by atoms with Gasteiger partial charge in [-0.25, -0.2) is 12.7 Å². The largest absolute Gasteiger partial charge is 0.347 e. The van der Waals surface area contributed by atoms with Crippen molar-refractivity contribution in [3.8, 4) is 0 Å². The summed E-state index contributed by atoms with van der Waals surface area (Å²) in [4.78, 5) is 37.8. The number of para-hydroxylation sites is 1. The van der Waals surface area contributed by atoms with E-state index >= 15 is 0 Å². The fourth-order valence-corrected chi connectivity index (χ4v) is 5.29. The summed E-state index contributed by atoms with van der Waals surface area (Å²) in [7, 11) is -3.96. The zero-order valence-corrected chi connectivity index (χ0v) is 18.2. The predicted octanol–water partition coefficient (Wildman–Crippen LogP) is 2.77. The molecule has 0 aromatic heterocycles. The Balaban J connectivity index is 1.62. The Kier molecular flexibility index (Phi) is 4.88. The Labute approximate surface area is 180 Å². The lowest BCUT2D eigenvalue weighted by molar-refractivity contribution is 0.0862. The molecule has 0 unspecified atom stereocenters. The second-order valence-electron chi connectivity index (χ2n) is 8.75. The quantitative estimate of drug-likeness (QED) is 0.758. The van der Waals surface area contributed by atoms with E-state index in [1.807, 2.05) is 20.8 Å². The molecule has 0 bridgehead atoms. The van der Waals surface area contributed by atoms with E-state index in [9.17, 15) is 22.8 Å². The molecule has 2 aliphatic rings. The van der Waals surface area contributed by atoms with Crippen molar-refractivity contribution in [3.63, 3.8) is 0 Å². The molecule has 2 aromatic rings. The normalized spacial score (nSPS) is 17.3. The molecule has 4 rings (SSSR count). The summed E-state index contributed by atoms with van der Waals surface area (Å²) in [6.07, 6.45) is 1.30. The third kappa shape index (κ3) is 3.93. The van der Waals surface area contributed by atoms with Crippen LogP contribution < -0.4 is 10.6 Å². The third-order valence-electron chi connectivity index (χ3n) is 5.00. The van der Waals surface area contributed by atoms with E-state index in [1.54, 1.807) is 24.3 Å². The highest BCUT2D eigenvalue weighted by atomic mass is 32.2. The number of hydrogen-bond donors (Lipinski definition) is 2. The van der Waals surface area contributed by atoms with Gasteiger partial charge >= 0.3 is 0 Å². The van der Waals surface area contributed by atoms with Crippen LogP contribution in [0.1, 0.15) is 64.7 Å². The number of fused-ring (bicyclic) bond motifs is 1. The molecule has 1 aliphatic heterocycles. The van der Waals surface area contributed by atoms with Gasteiger partial charge in [-0.1, -0.05) is 12.1 Å². The molecule has 1 fully saturated rings. The second kappa shape index (κ2) is 7.19. The smallest absolute Gasteiger partial charge is 0.269 e. The van der Waals surface area contributed by atoms with Gasteiger partial charge in [0, 0.05) is 17.1 Å². The van der Waals surface area contributed by atoms with E-state index in [-0.39, 0.29) is 33.5 Å². The summed E-state index contributed by atoms with van der Waals surface area (Å²) in [5, 5.41) is 5.52. The molecule has 31 heavy (non-hydrogen) atoms. The number of benzene rings is 2. The molecule has 1 heterocycles. The van der Waals surface area contributed by atoms with Crippen LogP contribution in [0, 0.1) is 0 Å². The molecule has 0 saturated heterocycles. The van der Waals surface area contributed by atoms with Crippen molar-refractivity contribution < 1.29 is 22.8 Å². The van der Waals surface area contributed by atoms with Gasteiger partial charge in [-0.15, -0.1) is 0 Å². The zero-order chi connectivity index (χ0) is 22.6. The first-order valence-electron chi connectivity index (χ1n) is 9.95. The molecule has 1 aliphatic carbocycles. The molecule has 1 saturated carbocycles. The molecule has 2 N–H and O–H groups in total. The minimum Gasteiger partial charge on any atom is -0.347 e. The van der Waals surface area contributed by atoms with Crippen molar-refractivity contribution in [2.45, 2.75) is 50.1 Å². The first-order valence-corrected chi connectivity index (χ1v) is 11.4. The van der Waals surface area contributed by atoms with Crippen LogP contribution in [0.2, 0.25) is 0 Å². The number of anilines is 1. The standard InChI is InChI=1S/C22H23N3O5S/c1-22(2,3)24-20(27)15-6-4-5-7-17(15)23-19(26)13-8-11-16-18(12-13)31(29,30)25(21(16)28)14-9-10-14/h4-8,11-12,14H,9-10H2,1-3H3,(H,23,26)(H,24,27). The first kappa shape index (κ1) is 21.0. The molecule has 0 atom stereocenters. The van der Waals surface area contributed by atoms with Gasteiger partial charge in [0.25, 0.3) is 27.7 Å². The van der Waals surface area contributed by atoms with Crippen molar-refractivity contribution in [1.29, 1.82) is 0 Å². The number of rotatable bonds is 4. The average Bonchev–Trinajstić information content (AvgIpc) is 3.48. The van der Waals surface area contributed by atoms with Crippen LogP contribution in [0.3, 0.4) is 0 Å². The topological polar surface area (TPSA) is 113 Å². The fraction of sp³-hybridized carbons (Fsp3) is 0.318. The molecule has 2 aromatic carbocycles. The van der Waals surface area contributed by atoms with Crippen molar-refractivity contribution in [2.75, 3.05) is 5.32 Å². The molecular formula is C22H23N3O5S. The summed E-state index contributed by atoms with van der Waals surface area (Å²) >= 11 is 0. The van der Waals surface area contributed by atoms with E-state index in [4.69, 9.17) is 0 Å². The van der Waals surface area contributed by atoms with Gasteiger partial charge < -0.3 is 10.6 Å².